The van der Waals surface area contributed by atoms with Crippen molar-refractivity contribution in [2.45, 2.75) is 51.7 Å². The monoisotopic (exact) mass is 445 g/mol. The summed E-state index contributed by atoms with van der Waals surface area (Å²) in [6, 6.07) is 5.31. The number of aromatic nitrogens is 3. The van der Waals surface area contributed by atoms with Crippen LogP contribution in [0.25, 0.3) is 10.9 Å². The van der Waals surface area contributed by atoms with Crippen molar-refractivity contribution in [1.82, 2.24) is 15.2 Å². The summed E-state index contributed by atoms with van der Waals surface area (Å²) in [5.74, 6) is -0.524. The number of aryl methyl sites for hydroxylation is 1. The average Bonchev–Trinajstić information content (AvgIpc) is 2.75. The highest BCUT2D eigenvalue weighted by atomic mass is 19.3. The van der Waals surface area contributed by atoms with Gasteiger partial charge in [-0.05, 0) is 39.7 Å². The topological polar surface area (TPSA) is 74.2 Å². The molecular formula is C23H26F3N5O. The van der Waals surface area contributed by atoms with Gasteiger partial charge in [0.15, 0.2) is 5.82 Å². The first-order chi connectivity index (χ1) is 15.2. The van der Waals surface area contributed by atoms with Crippen molar-refractivity contribution in [3.05, 3.63) is 53.1 Å². The number of fused-ring (bicyclic) bond motifs is 1. The third-order valence-corrected chi connectivity index (χ3v) is 6.09. The lowest BCUT2D eigenvalue weighted by Gasteiger charge is -2.37. The predicted molar refractivity (Wildman–Crippen MR) is 118 cm³/mol. The largest absolute Gasteiger partial charge is 0.390 e. The second kappa shape index (κ2) is 8.54. The van der Waals surface area contributed by atoms with Crippen LogP contribution < -0.4 is 10.2 Å². The summed E-state index contributed by atoms with van der Waals surface area (Å²) in [4.78, 5) is 6.72. The number of hydrogen-bond donors (Lipinski definition) is 2. The summed E-state index contributed by atoms with van der Waals surface area (Å²) in [6.45, 7) is 6.72. The molecule has 3 aromatic rings. The van der Waals surface area contributed by atoms with Gasteiger partial charge in [-0.15, -0.1) is 5.10 Å². The molecule has 1 unspecified atom stereocenters. The maximum atomic E-state index is 14.6. The molecule has 32 heavy (non-hydrogen) atoms. The zero-order valence-corrected chi connectivity index (χ0v) is 18.2. The fourth-order valence-corrected chi connectivity index (χ4v) is 4.03. The van der Waals surface area contributed by atoms with E-state index in [9.17, 15) is 18.3 Å². The quantitative estimate of drug-likeness (QED) is 0.580. The Hall–Kier alpha value is -2.94. The summed E-state index contributed by atoms with van der Waals surface area (Å²) >= 11 is 0. The van der Waals surface area contributed by atoms with E-state index in [-0.39, 0.29) is 5.56 Å². The van der Waals surface area contributed by atoms with Gasteiger partial charge in [-0.25, -0.2) is 13.2 Å². The van der Waals surface area contributed by atoms with E-state index in [0.717, 1.165) is 11.8 Å². The van der Waals surface area contributed by atoms with E-state index in [2.05, 4.69) is 25.4 Å². The lowest BCUT2D eigenvalue weighted by Crippen LogP contribution is -2.42. The van der Waals surface area contributed by atoms with E-state index in [0.29, 0.717) is 48.3 Å². The first kappa shape index (κ1) is 22.3. The van der Waals surface area contributed by atoms with Gasteiger partial charge >= 0.3 is 0 Å². The molecule has 1 saturated heterocycles. The molecule has 9 heteroatoms. The maximum absolute atomic E-state index is 14.6. The molecule has 0 spiro atoms. The van der Waals surface area contributed by atoms with Crippen molar-refractivity contribution >= 4 is 22.4 Å². The van der Waals surface area contributed by atoms with E-state index < -0.39 is 29.4 Å². The molecule has 170 valence electrons. The summed E-state index contributed by atoms with van der Waals surface area (Å²) in [6.07, 6.45) is 0.191. The summed E-state index contributed by atoms with van der Waals surface area (Å²) < 4.78 is 40.8. The fraction of sp³-hybridized carbons (Fsp3) is 0.435. The molecule has 0 bridgehead atoms. The van der Waals surface area contributed by atoms with Gasteiger partial charge in [-0.3, -0.25) is 4.98 Å². The second-order valence-electron chi connectivity index (χ2n) is 8.62. The number of hydrogen-bond acceptors (Lipinski definition) is 6. The summed E-state index contributed by atoms with van der Waals surface area (Å²) in [5.41, 5.74) is 1.03. The molecule has 0 aliphatic carbocycles. The molecule has 6 nitrogen and oxygen atoms in total. The van der Waals surface area contributed by atoms with Crippen molar-refractivity contribution < 1.29 is 18.3 Å². The zero-order valence-electron chi connectivity index (χ0n) is 18.2. The number of halogens is 3. The van der Waals surface area contributed by atoms with Crippen molar-refractivity contribution in [2.75, 3.05) is 23.3 Å². The molecule has 1 atom stereocenters. The first-order valence-electron chi connectivity index (χ1n) is 10.6. The Kier molecular flexibility index (Phi) is 5.94. The predicted octanol–water partition coefficient (Wildman–Crippen LogP) is 4.93. The van der Waals surface area contributed by atoms with Gasteiger partial charge < -0.3 is 15.3 Å². The fourth-order valence-electron chi connectivity index (χ4n) is 4.03. The first-order valence-corrected chi connectivity index (χ1v) is 10.6. The number of aliphatic hydroxyl groups is 1. The molecule has 0 amide bonds. The Morgan fingerprint density at radius 1 is 1.16 bits per heavy atom. The Bertz CT molecular complexity index is 1130. The lowest BCUT2D eigenvalue weighted by molar-refractivity contribution is 0.0351. The molecule has 2 aromatic heterocycles. The van der Waals surface area contributed by atoms with Crippen molar-refractivity contribution in [3.8, 4) is 0 Å². The van der Waals surface area contributed by atoms with Gasteiger partial charge in [0.1, 0.15) is 5.82 Å². The van der Waals surface area contributed by atoms with Gasteiger partial charge in [0.25, 0.3) is 6.43 Å². The highest BCUT2D eigenvalue weighted by Gasteiger charge is 2.28. The van der Waals surface area contributed by atoms with E-state index >= 15 is 0 Å². The molecule has 1 aromatic carbocycles. The van der Waals surface area contributed by atoms with Crippen molar-refractivity contribution in [1.29, 1.82) is 0 Å². The van der Waals surface area contributed by atoms with Gasteiger partial charge in [0.2, 0.25) is 0 Å². The Morgan fingerprint density at radius 3 is 2.53 bits per heavy atom. The van der Waals surface area contributed by atoms with Crippen molar-refractivity contribution in [2.24, 2.45) is 0 Å². The SMILES string of the molecule is Cc1nnc(NC(C)c2cccc(C(F)F)c2F)c2cc(N3CCC(C)(O)CC3)cnc12. The Labute approximate surface area is 184 Å². The highest BCUT2D eigenvalue weighted by molar-refractivity contribution is 5.92. The molecule has 0 saturated carbocycles. The number of anilines is 2. The molecule has 3 heterocycles. The smallest absolute Gasteiger partial charge is 0.266 e. The minimum atomic E-state index is -2.89. The number of alkyl halides is 2. The van der Waals surface area contributed by atoms with E-state index in [1.165, 1.54) is 12.1 Å². The van der Waals surface area contributed by atoms with Gasteiger partial charge in [0.05, 0.1) is 40.3 Å². The van der Waals surface area contributed by atoms with Crippen LogP contribution in [0.1, 0.15) is 56.0 Å². The van der Waals surface area contributed by atoms with Crippen LogP contribution in [0, 0.1) is 12.7 Å². The number of nitrogens with zero attached hydrogens (tertiary/aromatic N) is 4. The van der Waals surface area contributed by atoms with Crippen LogP contribution in [0.15, 0.2) is 30.5 Å². The summed E-state index contributed by atoms with van der Waals surface area (Å²) in [7, 11) is 0. The number of nitrogens with one attached hydrogen (secondary N) is 1. The zero-order chi connectivity index (χ0) is 23.0. The molecule has 4 rings (SSSR count). The Balaban J connectivity index is 1.67. The molecule has 1 fully saturated rings. The van der Waals surface area contributed by atoms with E-state index in [1.807, 2.05) is 13.0 Å². The molecule has 0 radical (unpaired) electrons. The second-order valence-corrected chi connectivity index (χ2v) is 8.62. The van der Waals surface area contributed by atoms with Crippen LogP contribution in [0.3, 0.4) is 0 Å². The third-order valence-electron chi connectivity index (χ3n) is 6.09. The molecule has 1 aliphatic rings. The Morgan fingerprint density at radius 2 is 1.84 bits per heavy atom. The number of rotatable bonds is 5. The van der Waals surface area contributed by atoms with Crippen LogP contribution in [-0.2, 0) is 0 Å². The lowest BCUT2D eigenvalue weighted by atomic mass is 9.93. The average molecular weight is 445 g/mol. The van der Waals surface area contributed by atoms with Crippen LogP contribution in [0.5, 0.6) is 0 Å². The van der Waals surface area contributed by atoms with Crippen LogP contribution in [-0.4, -0.2) is 39.0 Å². The minimum Gasteiger partial charge on any atom is -0.390 e. The summed E-state index contributed by atoms with van der Waals surface area (Å²) in [5, 5.41) is 22.4. The van der Waals surface area contributed by atoms with E-state index in [4.69, 9.17) is 0 Å². The minimum absolute atomic E-state index is 0.126. The maximum Gasteiger partial charge on any atom is 0.266 e. The molecule has 1 aliphatic heterocycles. The molecule has 2 N–H and O–H groups in total. The standard InChI is InChI=1S/C23H26F3N5O/c1-13(16-5-4-6-17(19(16)24)21(25)26)28-22-18-11-15(12-27-20(18)14(2)29-30-22)31-9-7-23(3,32)8-10-31/h4-6,11-13,21,32H,7-10H2,1-3H3,(H,28,30). The normalized spacial score (nSPS) is 17.1. The van der Waals surface area contributed by atoms with Gasteiger partial charge in [-0.2, -0.15) is 5.10 Å². The van der Waals surface area contributed by atoms with Crippen molar-refractivity contribution in [3.63, 3.8) is 0 Å². The van der Waals surface area contributed by atoms with Crippen LogP contribution in [0.2, 0.25) is 0 Å². The third kappa shape index (κ3) is 4.34. The van der Waals surface area contributed by atoms with Crippen LogP contribution >= 0.6 is 0 Å². The number of piperidine rings is 1. The van der Waals surface area contributed by atoms with Gasteiger partial charge in [-0.1, -0.05) is 18.2 Å². The van der Waals surface area contributed by atoms with Gasteiger partial charge in [0, 0.05) is 24.0 Å². The van der Waals surface area contributed by atoms with E-state index in [1.54, 1.807) is 20.0 Å². The highest BCUT2D eigenvalue weighted by Crippen LogP contribution is 2.33. The van der Waals surface area contributed by atoms with Crippen LogP contribution in [0.4, 0.5) is 24.7 Å². The molecular weight excluding hydrogens is 419 g/mol. The number of benzene rings is 1. The number of pyridine rings is 1.